The molecule has 8 heteroatoms. The first kappa shape index (κ1) is 16.7. The highest BCUT2D eigenvalue weighted by molar-refractivity contribution is 7.92. The summed E-state index contributed by atoms with van der Waals surface area (Å²) in [4.78, 5) is 18.9. The molecule has 0 amide bonds. The van der Waals surface area contributed by atoms with Crippen molar-refractivity contribution in [2.75, 3.05) is 11.0 Å². The Morgan fingerprint density at radius 3 is 2.80 bits per heavy atom. The van der Waals surface area contributed by atoms with Crippen molar-refractivity contribution >= 4 is 44.4 Å². The maximum atomic E-state index is 11.7. The van der Waals surface area contributed by atoms with Crippen LogP contribution < -0.4 is 4.72 Å². The smallest absolute Gasteiger partial charge is 0.336 e. The van der Waals surface area contributed by atoms with Crippen LogP contribution in [-0.2, 0) is 14.8 Å². The van der Waals surface area contributed by atoms with Gasteiger partial charge in [0.25, 0.3) is 0 Å². The largest absolute Gasteiger partial charge is 0.478 e. The van der Waals surface area contributed by atoms with Crippen LogP contribution in [0, 0.1) is 0 Å². The molecule has 0 saturated carbocycles. The minimum absolute atomic E-state index is 0.0434. The highest BCUT2D eigenvalue weighted by Crippen LogP contribution is 2.25. The van der Waals surface area contributed by atoms with E-state index in [2.05, 4.69) is 14.7 Å². The number of anilines is 1. The van der Waals surface area contributed by atoms with Crippen molar-refractivity contribution in [3.8, 4) is 0 Å². The van der Waals surface area contributed by atoms with Crippen molar-refractivity contribution in [3.63, 3.8) is 0 Å². The molecule has 0 atom stereocenters. The Kier molecular flexibility index (Phi) is 4.28. The number of hydrogen-bond donors (Lipinski definition) is 3. The summed E-state index contributed by atoms with van der Waals surface area (Å²) >= 11 is 0. The molecule has 128 valence electrons. The summed E-state index contributed by atoms with van der Waals surface area (Å²) in [5, 5.41) is 10.4. The lowest BCUT2D eigenvalue weighted by molar-refractivity contribution is -0.130. The second-order valence-corrected chi connectivity index (χ2v) is 7.21. The third kappa shape index (κ3) is 3.86. The van der Waals surface area contributed by atoms with Crippen molar-refractivity contribution in [1.82, 2.24) is 9.97 Å². The number of carboxylic acid groups (broad SMARTS) is 1. The Balaban J connectivity index is 2.08. The molecule has 0 fully saturated rings. The van der Waals surface area contributed by atoms with Crippen LogP contribution in [0.2, 0.25) is 0 Å². The normalized spacial score (nSPS) is 12.3. The summed E-state index contributed by atoms with van der Waals surface area (Å²) in [6, 6.07) is 9.85. The number of nitrogens with zero attached hydrogens (tertiary/aromatic N) is 1. The van der Waals surface area contributed by atoms with E-state index in [0.717, 1.165) is 11.6 Å². The molecule has 0 unspecified atom stereocenters. The number of fused-ring (bicyclic) bond motifs is 1. The summed E-state index contributed by atoms with van der Waals surface area (Å²) in [5.74, 6) is -1.12. The summed E-state index contributed by atoms with van der Waals surface area (Å²) in [7, 11) is -3.45. The lowest BCUT2D eigenvalue weighted by Crippen LogP contribution is -2.10. The minimum Gasteiger partial charge on any atom is -0.478 e. The second-order valence-electron chi connectivity index (χ2n) is 5.46. The van der Waals surface area contributed by atoms with Crippen LogP contribution in [0.5, 0.6) is 0 Å². The van der Waals surface area contributed by atoms with Gasteiger partial charge in [0.2, 0.25) is 10.0 Å². The molecule has 3 rings (SSSR count). The van der Waals surface area contributed by atoms with E-state index in [1.165, 1.54) is 12.1 Å². The van der Waals surface area contributed by atoms with Gasteiger partial charge in [-0.15, -0.1) is 0 Å². The van der Waals surface area contributed by atoms with E-state index in [-0.39, 0.29) is 5.57 Å². The number of carboxylic acids is 1. The summed E-state index contributed by atoms with van der Waals surface area (Å²) in [6.45, 7) is 0. The standard InChI is InChI=1S/C17H15N3O4S/c1-25(23,24)20-13-5-2-4-11(8-13)15(17(21)22)9-12-10-19-16-14(12)6-3-7-18-16/h2-10,20H,1H3,(H,18,19)(H,21,22)/b15-9-. The lowest BCUT2D eigenvalue weighted by Gasteiger charge is -2.07. The number of aromatic nitrogens is 2. The van der Waals surface area contributed by atoms with E-state index in [1.807, 2.05) is 6.07 Å². The molecule has 2 heterocycles. The fraction of sp³-hybridized carbons (Fsp3) is 0.0588. The molecule has 0 bridgehead atoms. The van der Waals surface area contributed by atoms with Gasteiger partial charge in [-0.05, 0) is 35.9 Å². The van der Waals surface area contributed by atoms with Crippen molar-refractivity contribution in [1.29, 1.82) is 0 Å². The van der Waals surface area contributed by atoms with E-state index in [0.29, 0.717) is 22.5 Å². The number of sulfonamides is 1. The quantitative estimate of drug-likeness (QED) is 0.608. The predicted molar refractivity (Wildman–Crippen MR) is 96.5 cm³/mol. The zero-order valence-corrected chi connectivity index (χ0v) is 14.0. The van der Waals surface area contributed by atoms with Gasteiger partial charge in [0.1, 0.15) is 5.65 Å². The van der Waals surface area contributed by atoms with Gasteiger partial charge in [0.05, 0.1) is 11.8 Å². The van der Waals surface area contributed by atoms with E-state index < -0.39 is 16.0 Å². The van der Waals surface area contributed by atoms with E-state index in [9.17, 15) is 18.3 Å². The highest BCUT2D eigenvalue weighted by atomic mass is 32.2. The van der Waals surface area contributed by atoms with Gasteiger partial charge < -0.3 is 10.1 Å². The van der Waals surface area contributed by atoms with E-state index in [4.69, 9.17) is 0 Å². The number of pyridine rings is 1. The maximum absolute atomic E-state index is 11.7. The number of rotatable bonds is 5. The van der Waals surface area contributed by atoms with Crippen LogP contribution in [0.25, 0.3) is 22.7 Å². The Labute approximate surface area is 144 Å². The van der Waals surface area contributed by atoms with Crippen LogP contribution >= 0.6 is 0 Å². The monoisotopic (exact) mass is 357 g/mol. The van der Waals surface area contributed by atoms with Crippen molar-refractivity contribution in [2.45, 2.75) is 0 Å². The summed E-state index contributed by atoms with van der Waals surface area (Å²) in [6.07, 6.45) is 5.89. The molecule has 0 spiro atoms. The Bertz CT molecular complexity index is 1080. The molecule has 3 N–H and O–H groups in total. The molecule has 7 nitrogen and oxygen atoms in total. The van der Waals surface area contributed by atoms with E-state index in [1.54, 1.807) is 36.7 Å². The summed E-state index contributed by atoms with van der Waals surface area (Å²) < 4.78 is 25.1. The predicted octanol–water partition coefficient (Wildman–Crippen LogP) is 2.56. The van der Waals surface area contributed by atoms with Crippen molar-refractivity contribution in [3.05, 3.63) is 59.9 Å². The Hall–Kier alpha value is -3.13. The fourth-order valence-corrected chi connectivity index (χ4v) is 3.04. The van der Waals surface area contributed by atoms with Gasteiger partial charge in [-0.3, -0.25) is 4.72 Å². The van der Waals surface area contributed by atoms with Crippen LogP contribution in [0.3, 0.4) is 0 Å². The number of carbonyl (C=O) groups is 1. The topological polar surface area (TPSA) is 112 Å². The van der Waals surface area contributed by atoms with Crippen LogP contribution in [-0.4, -0.2) is 35.7 Å². The van der Waals surface area contributed by atoms with Crippen molar-refractivity contribution in [2.24, 2.45) is 0 Å². The Morgan fingerprint density at radius 2 is 2.08 bits per heavy atom. The highest BCUT2D eigenvalue weighted by Gasteiger charge is 2.13. The number of nitrogens with one attached hydrogen (secondary N) is 2. The molecule has 1 aromatic carbocycles. The summed E-state index contributed by atoms with van der Waals surface area (Å²) in [5.41, 5.74) is 2.07. The Morgan fingerprint density at radius 1 is 1.28 bits per heavy atom. The first-order valence-electron chi connectivity index (χ1n) is 7.29. The molecule has 3 aromatic rings. The number of hydrogen-bond acceptors (Lipinski definition) is 4. The average molecular weight is 357 g/mol. The lowest BCUT2D eigenvalue weighted by atomic mass is 10.0. The SMILES string of the molecule is CS(=O)(=O)Nc1cccc(/C(=C/c2c[nH]c3ncccc23)C(=O)O)c1. The molecular weight excluding hydrogens is 342 g/mol. The zero-order valence-electron chi connectivity index (χ0n) is 13.2. The molecule has 2 aromatic heterocycles. The number of aliphatic carboxylic acids is 1. The van der Waals surface area contributed by atoms with Crippen LogP contribution in [0.15, 0.2) is 48.8 Å². The average Bonchev–Trinajstić information content (AvgIpc) is 2.94. The van der Waals surface area contributed by atoms with Gasteiger partial charge in [-0.1, -0.05) is 12.1 Å². The molecule has 0 aliphatic heterocycles. The zero-order chi connectivity index (χ0) is 18.0. The molecular formula is C17H15N3O4S. The van der Waals surface area contributed by atoms with Gasteiger partial charge in [0.15, 0.2) is 0 Å². The van der Waals surface area contributed by atoms with E-state index >= 15 is 0 Å². The van der Waals surface area contributed by atoms with Gasteiger partial charge in [0, 0.05) is 29.0 Å². The maximum Gasteiger partial charge on any atom is 0.336 e. The first-order chi connectivity index (χ1) is 11.8. The third-order valence-corrected chi connectivity index (χ3v) is 4.10. The molecule has 0 aliphatic rings. The van der Waals surface area contributed by atoms with Gasteiger partial charge in [-0.2, -0.15) is 0 Å². The van der Waals surface area contributed by atoms with Crippen LogP contribution in [0.4, 0.5) is 5.69 Å². The van der Waals surface area contributed by atoms with Gasteiger partial charge >= 0.3 is 5.97 Å². The molecule has 0 saturated heterocycles. The van der Waals surface area contributed by atoms with Crippen LogP contribution in [0.1, 0.15) is 11.1 Å². The molecule has 0 radical (unpaired) electrons. The third-order valence-electron chi connectivity index (χ3n) is 3.49. The second kappa shape index (κ2) is 6.40. The number of benzene rings is 1. The molecule has 25 heavy (non-hydrogen) atoms. The number of aromatic amines is 1. The molecule has 0 aliphatic carbocycles. The fourth-order valence-electron chi connectivity index (χ4n) is 2.48. The first-order valence-corrected chi connectivity index (χ1v) is 9.18. The van der Waals surface area contributed by atoms with Crippen molar-refractivity contribution < 1.29 is 18.3 Å². The van der Waals surface area contributed by atoms with Gasteiger partial charge in [-0.25, -0.2) is 18.2 Å². The minimum atomic E-state index is -3.45. The number of H-pyrrole nitrogens is 1.